The predicted octanol–water partition coefficient (Wildman–Crippen LogP) is 4.88. The first-order valence-electron chi connectivity index (χ1n) is 9.11. The Balaban J connectivity index is 1.61. The summed E-state index contributed by atoms with van der Waals surface area (Å²) in [7, 11) is -3.73. The highest BCUT2D eigenvalue weighted by molar-refractivity contribution is 9.10. The van der Waals surface area contributed by atoms with Crippen molar-refractivity contribution in [2.75, 3.05) is 16.6 Å². The molecule has 3 aromatic carbocycles. The SMILES string of the molecule is Cc1ccc(C)c(NS(=O)(=O)c2ccc(OCC(=O)Nc3cccc(Br)c3)cc2)c1. The van der Waals surface area contributed by atoms with Crippen LogP contribution in [-0.2, 0) is 14.8 Å². The van der Waals surface area contributed by atoms with Crippen LogP contribution in [0.4, 0.5) is 11.4 Å². The highest BCUT2D eigenvalue weighted by Crippen LogP contribution is 2.22. The fourth-order valence-electron chi connectivity index (χ4n) is 2.68. The largest absolute Gasteiger partial charge is 0.484 e. The maximum absolute atomic E-state index is 12.7. The van der Waals surface area contributed by atoms with Crippen LogP contribution in [-0.4, -0.2) is 20.9 Å². The molecule has 0 aliphatic rings. The molecular weight excluding hydrogens is 468 g/mol. The van der Waals surface area contributed by atoms with Crippen molar-refractivity contribution in [1.82, 2.24) is 0 Å². The molecule has 0 aromatic heterocycles. The molecule has 0 heterocycles. The Morgan fingerprint density at radius 3 is 2.43 bits per heavy atom. The first kappa shape index (κ1) is 21.9. The summed E-state index contributed by atoms with van der Waals surface area (Å²) in [4.78, 5) is 12.1. The molecule has 0 saturated carbocycles. The van der Waals surface area contributed by atoms with E-state index in [2.05, 4.69) is 26.0 Å². The number of amides is 1. The van der Waals surface area contributed by atoms with Crippen molar-refractivity contribution in [1.29, 1.82) is 0 Å². The second kappa shape index (κ2) is 9.32. The minimum atomic E-state index is -3.73. The van der Waals surface area contributed by atoms with Crippen LogP contribution < -0.4 is 14.8 Å². The number of carbonyl (C=O) groups is 1. The monoisotopic (exact) mass is 488 g/mol. The topological polar surface area (TPSA) is 84.5 Å². The molecule has 30 heavy (non-hydrogen) atoms. The van der Waals surface area contributed by atoms with Crippen molar-refractivity contribution >= 4 is 43.2 Å². The molecule has 2 N–H and O–H groups in total. The van der Waals surface area contributed by atoms with Gasteiger partial charge in [-0.05, 0) is 73.5 Å². The molecular formula is C22H21BrN2O4S. The fraction of sp³-hybridized carbons (Fsp3) is 0.136. The van der Waals surface area contributed by atoms with E-state index < -0.39 is 10.0 Å². The molecule has 0 bridgehead atoms. The first-order valence-corrected chi connectivity index (χ1v) is 11.4. The smallest absolute Gasteiger partial charge is 0.262 e. The number of nitrogens with one attached hydrogen (secondary N) is 2. The Hall–Kier alpha value is -2.84. The molecule has 0 fully saturated rings. The van der Waals surface area contributed by atoms with Crippen LogP contribution in [0.5, 0.6) is 5.75 Å². The molecule has 6 nitrogen and oxygen atoms in total. The minimum Gasteiger partial charge on any atom is -0.484 e. The predicted molar refractivity (Wildman–Crippen MR) is 121 cm³/mol. The number of sulfonamides is 1. The fourth-order valence-corrected chi connectivity index (χ4v) is 4.20. The highest BCUT2D eigenvalue weighted by Gasteiger charge is 2.15. The molecule has 0 radical (unpaired) electrons. The lowest BCUT2D eigenvalue weighted by molar-refractivity contribution is -0.118. The highest BCUT2D eigenvalue weighted by atomic mass is 79.9. The van der Waals surface area contributed by atoms with Gasteiger partial charge in [0, 0.05) is 10.2 Å². The van der Waals surface area contributed by atoms with Crippen molar-refractivity contribution in [2.45, 2.75) is 18.7 Å². The van der Waals surface area contributed by atoms with Crippen molar-refractivity contribution < 1.29 is 17.9 Å². The van der Waals surface area contributed by atoms with Crippen molar-refractivity contribution in [3.8, 4) is 5.75 Å². The Morgan fingerprint density at radius 2 is 1.73 bits per heavy atom. The van der Waals surface area contributed by atoms with Crippen LogP contribution in [0.2, 0.25) is 0 Å². The Bertz CT molecular complexity index is 1160. The third-order valence-electron chi connectivity index (χ3n) is 4.25. The van der Waals surface area contributed by atoms with Gasteiger partial charge in [0.25, 0.3) is 15.9 Å². The van der Waals surface area contributed by atoms with Crippen molar-refractivity contribution in [3.63, 3.8) is 0 Å². The van der Waals surface area contributed by atoms with Crippen LogP contribution >= 0.6 is 15.9 Å². The summed E-state index contributed by atoms with van der Waals surface area (Å²) < 4.78 is 34.2. The van der Waals surface area contributed by atoms with E-state index in [9.17, 15) is 13.2 Å². The molecule has 0 spiro atoms. The maximum atomic E-state index is 12.7. The van der Waals surface area contributed by atoms with E-state index >= 15 is 0 Å². The van der Waals surface area contributed by atoms with Gasteiger partial charge < -0.3 is 10.1 Å². The lowest BCUT2D eigenvalue weighted by atomic mass is 10.1. The van der Waals surface area contributed by atoms with Gasteiger partial charge in [-0.3, -0.25) is 9.52 Å². The molecule has 8 heteroatoms. The quantitative estimate of drug-likeness (QED) is 0.495. The molecule has 0 unspecified atom stereocenters. The summed E-state index contributed by atoms with van der Waals surface area (Å²) in [5.41, 5.74) is 2.99. The third-order valence-corrected chi connectivity index (χ3v) is 6.12. The average molecular weight is 489 g/mol. The number of aryl methyl sites for hydroxylation is 2. The van der Waals surface area contributed by atoms with E-state index in [1.165, 1.54) is 24.3 Å². The van der Waals surface area contributed by atoms with Gasteiger partial charge in [-0.1, -0.05) is 34.1 Å². The van der Waals surface area contributed by atoms with E-state index in [-0.39, 0.29) is 17.4 Å². The number of ether oxygens (including phenoxy) is 1. The van der Waals surface area contributed by atoms with Crippen LogP contribution in [0, 0.1) is 13.8 Å². The number of benzene rings is 3. The van der Waals surface area contributed by atoms with Gasteiger partial charge in [-0.2, -0.15) is 0 Å². The minimum absolute atomic E-state index is 0.106. The Morgan fingerprint density at radius 1 is 1.00 bits per heavy atom. The number of halogens is 1. The summed E-state index contributed by atoms with van der Waals surface area (Å²) in [5, 5.41) is 2.73. The summed E-state index contributed by atoms with van der Waals surface area (Å²) in [6, 6.07) is 18.7. The number of rotatable bonds is 7. The molecule has 0 atom stereocenters. The van der Waals surface area contributed by atoms with Crippen LogP contribution in [0.25, 0.3) is 0 Å². The number of anilines is 2. The van der Waals surface area contributed by atoms with E-state index in [0.717, 1.165) is 15.6 Å². The zero-order valence-corrected chi connectivity index (χ0v) is 18.9. The molecule has 156 valence electrons. The van der Waals surface area contributed by atoms with Gasteiger partial charge in [0.15, 0.2) is 6.61 Å². The van der Waals surface area contributed by atoms with Gasteiger partial charge >= 0.3 is 0 Å². The van der Waals surface area contributed by atoms with Gasteiger partial charge in [0.1, 0.15) is 5.75 Å². The average Bonchev–Trinajstić information content (AvgIpc) is 2.69. The second-order valence-corrected chi connectivity index (χ2v) is 9.34. The van der Waals surface area contributed by atoms with Crippen LogP contribution in [0.15, 0.2) is 76.1 Å². The summed E-state index contributed by atoms with van der Waals surface area (Å²) in [6.45, 7) is 3.54. The Labute approximate surface area is 184 Å². The maximum Gasteiger partial charge on any atom is 0.262 e. The van der Waals surface area contributed by atoms with Gasteiger partial charge in [0.2, 0.25) is 0 Å². The third kappa shape index (κ3) is 5.84. The molecule has 0 aliphatic heterocycles. The normalized spacial score (nSPS) is 11.0. The standard InChI is InChI=1S/C22H21BrN2O4S/c1-15-6-7-16(2)21(12-15)25-30(27,28)20-10-8-19(9-11-20)29-14-22(26)24-18-5-3-4-17(23)13-18/h3-13,25H,14H2,1-2H3,(H,24,26). The lowest BCUT2D eigenvalue weighted by Gasteiger charge is -2.12. The van der Waals surface area contributed by atoms with Gasteiger partial charge in [-0.15, -0.1) is 0 Å². The molecule has 1 amide bonds. The van der Waals surface area contributed by atoms with E-state index in [1.54, 1.807) is 18.2 Å². The Kier molecular flexibility index (Phi) is 6.79. The molecule has 3 aromatic rings. The van der Waals surface area contributed by atoms with E-state index in [1.807, 2.05) is 38.1 Å². The second-order valence-electron chi connectivity index (χ2n) is 6.74. The summed E-state index contributed by atoms with van der Waals surface area (Å²) >= 11 is 3.34. The van der Waals surface area contributed by atoms with Crippen LogP contribution in [0.1, 0.15) is 11.1 Å². The van der Waals surface area contributed by atoms with E-state index in [0.29, 0.717) is 17.1 Å². The molecule has 3 rings (SSSR count). The molecule has 0 aliphatic carbocycles. The zero-order chi connectivity index (χ0) is 21.7. The van der Waals surface area contributed by atoms with E-state index in [4.69, 9.17) is 4.74 Å². The summed E-state index contributed by atoms with van der Waals surface area (Å²) in [5.74, 6) is 0.0754. The van der Waals surface area contributed by atoms with Gasteiger partial charge in [-0.25, -0.2) is 8.42 Å². The number of hydrogen-bond donors (Lipinski definition) is 2. The van der Waals surface area contributed by atoms with Crippen molar-refractivity contribution in [3.05, 3.63) is 82.3 Å². The number of hydrogen-bond acceptors (Lipinski definition) is 4. The molecule has 0 saturated heterocycles. The first-order chi connectivity index (χ1) is 14.2. The zero-order valence-electron chi connectivity index (χ0n) is 16.5. The van der Waals surface area contributed by atoms with Gasteiger partial charge in [0.05, 0.1) is 10.6 Å². The van der Waals surface area contributed by atoms with Crippen LogP contribution in [0.3, 0.4) is 0 Å². The summed E-state index contributed by atoms with van der Waals surface area (Å²) in [6.07, 6.45) is 0. The lowest BCUT2D eigenvalue weighted by Crippen LogP contribution is -2.20. The van der Waals surface area contributed by atoms with Crippen molar-refractivity contribution in [2.24, 2.45) is 0 Å². The number of carbonyl (C=O) groups excluding carboxylic acids is 1.